The number of hydrogen-bond donors (Lipinski definition) is 3. The van der Waals surface area contributed by atoms with Crippen LogP contribution in [0.15, 0.2) is 78.9 Å². The molecule has 5 atom stereocenters. The predicted octanol–water partition coefficient (Wildman–Crippen LogP) is 9.85. The number of nitrogens with zero attached hydrogens (tertiary/aromatic N) is 6. The Kier molecular flexibility index (Phi) is 12.2. The number of piperidine rings is 1. The van der Waals surface area contributed by atoms with Crippen molar-refractivity contribution in [2.24, 2.45) is 0 Å². The minimum Gasteiger partial charge on any atom is -0.396 e. The number of amides is 2. The number of aromatic nitrogens is 4. The van der Waals surface area contributed by atoms with E-state index < -0.39 is 11.6 Å². The van der Waals surface area contributed by atoms with Gasteiger partial charge in [0.25, 0.3) is 5.91 Å². The molecule has 12 nitrogen and oxygen atoms in total. The van der Waals surface area contributed by atoms with Gasteiger partial charge in [-0.2, -0.15) is 0 Å². The fraction of sp³-hybridized carbons (Fsp3) is 0.472. The molecule has 0 saturated carbocycles. The summed E-state index contributed by atoms with van der Waals surface area (Å²) in [5, 5.41) is 9.26. The Bertz CT molecular complexity index is 2720. The van der Waals surface area contributed by atoms with Crippen molar-refractivity contribution in [3.05, 3.63) is 119 Å². The molecule has 67 heavy (non-hydrogen) atoms. The number of aliphatic hydroxyl groups is 1. The number of ether oxygens (including phenoxy) is 1. The quantitative estimate of drug-likeness (QED) is 0.103. The number of imidazole rings is 2. The molecule has 14 heteroatoms. The molecule has 3 N–H and O–H groups in total. The third-order valence-corrected chi connectivity index (χ3v) is 15.3. The van der Waals surface area contributed by atoms with Crippen LogP contribution < -0.4 is 9.80 Å². The average molecular weight is 911 g/mol. The summed E-state index contributed by atoms with van der Waals surface area (Å²) in [6.45, 7) is 3.19. The van der Waals surface area contributed by atoms with Crippen LogP contribution in [0.5, 0.6) is 0 Å². The smallest absolute Gasteiger partial charge is 0.252 e. The number of aliphatic hydroxyl groups excluding tert-OH is 1. The Labute approximate surface area is 389 Å². The number of hydrogen-bond acceptors (Lipinski definition) is 8. The number of carbonyl (C=O) groups excluding carboxylic acids is 2. The van der Waals surface area contributed by atoms with Crippen molar-refractivity contribution in [2.75, 3.05) is 49.2 Å². The number of halogens is 2. The second-order valence-electron chi connectivity index (χ2n) is 19.4. The lowest BCUT2D eigenvalue weighted by atomic mass is 9.89. The van der Waals surface area contributed by atoms with Crippen LogP contribution in [0.4, 0.5) is 20.2 Å². The number of H-pyrrole nitrogens is 2. The fourth-order valence-corrected chi connectivity index (χ4v) is 12.0. The van der Waals surface area contributed by atoms with Crippen molar-refractivity contribution in [2.45, 2.75) is 120 Å². The molecule has 0 aliphatic carbocycles. The number of benzene rings is 4. The Balaban J connectivity index is 0.907. The van der Waals surface area contributed by atoms with Gasteiger partial charge < -0.3 is 39.4 Å². The molecular weight excluding hydrogens is 851 g/mol. The Morgan fingerprint density at radius 2 is 1.27 bits per heavy atom. The largest absolute Gasteiger partial charge is 0.396 e. The van der Waals surface area contributed by atoms with Crippen LogP contribution in [0.1, 0.15) is 142 Å². The minimum atomic E-state index is -0.567. The standard InChI is InChI=1S/C53H60F2N8O4/c54-38-31-37(32-39(55)50(38)60-25-21-34(22-26-60)33-9-2-1-3-10-33)63-44(35-15-17-40-42(29-35)58-51(56-40)46-11-6-23-61(46)49(65)14-4-5-27-64)19-20-45(63)36-16-18-41-43(30-36)59-52(57-41)47-12-7-24-62(47)53(66)48-13-8-28-67-48/h1-3,9-10,15-18,29-32,34,44-48,64H,4-8,11-14,19-28H2,(H,56,58)(H,57,59)/t44-,45-,46+,47+,48+/m1/s1. The summed E-state index contributed by atoms with van der Waals surface area (Å²) in [6, 6.07) is 25.1. The predicted molar refractivity (Wildman–Crippen MR) is 254 cm³/mol. The van der Waals surface area contributed by atoms with E-state index in [-0.39, 0.29) is 54.4 Å². The van der Waals surface area contributed by atoms with Crippen molar-refractivity contribution in [1.82, 2.24) is 29.7 Å². The zero-order chi connectivity index (χ0) is 45.6. The van der Waals surface area contributed by atoms with Crippen LogP contribution in [0.25, 0.3) is 22.1 Å². The summed E-state index contributed by atoms with van der Waals surface area (Å²) in [6.07, 6.45) is 9.47. The van der Waals surface area contributed by atoms with Crippen LogP contribution in [-0.4, -0.2) is 92.2 Å². The SMILES string of the molecule is O=C(CCCCO)N1CCC[C@H]1c1nc2cc([C@H]3CC[C@H](c4ccc5[nH]c([C@@H]6CCCN6C(=O)[C@@H]6CCCO6)nc5c4)N3c3cc(F)c(N4CCC(c5ccccc5)CC4)c(F)c3)ccc2[nH]1. The molecule has 4 aromatic carbocycles. The first kappa shape index (κ1) is 43.7. The first-order valence-corrected chi connectivity index (χ1v) is 24.7. The maximum atomic E-state index is 16.7. The van der Waals surface area contributed by atoms with Crippen molar-refractivity contribution in [1.29, 1.82) is 0 Å². The van der Waals surface area contributed by atoms with Gasteiger partial charge in [0.2, 0.25) is 5.91 Å². The monoisotopic (exact) mass is 910 g/mol. The third kappa shape index (κ3) is 8.45. The summed E-state index contributed by atoms with van der Waals surface area (Å²) >= 11 is 0. The van der Waals surface area contributed by atoms with Crippen molar-refractivity contribution < 1.29 is 28.2 Å². The second-order valence-corrected chi connectivity index (χ2v) is 19.4. The second kappa shape index (κ2) is 18.7. The van der Waals surface area contributed by atoms with Gasteiger partial charge in [0.15, 0.2) is 11.6 Å². The fourth-order valence-electron chi connectivity index (χ4n) is 12.0. The highest BCUT2D eigenvalue weighted by molar-refractivity contribution is 5.83. The summed E-state index contributed by atoms with van der Waals surface area (Å²) < 4.78 is 39.2. The summed E-state index contributed by atoms with van der Waals surface area (Å²) in [5.74, 6) is 0.877. The molecule has 5 fully saturated rings. The van der Waals surface area contributed by atoms with Crippen LogP contribution >= 0.6 is 0 Å². The van der Waals surface area contributed by atoms with Crippen LogP contribution in [-0.2, 0) is 14.3 Å². The Hall–Kier alpha value is -5.86. The number of aromatic amines is 2. The molecule has 11 rings (SSSR count). The lowest BCUT2D eigenvalue weighted by molar-refractivity contribution is -0.142. The van der Waals surface area contributed by atoms with Gasteiger partial charge in [0.1, 0.15) is 23.4 Å². The van der Waals surface area contributed by atoms with Gasteiger partial charge in [-0.15, -0.1) is 0 Å². The van der Waals surface area contributed by atoms with E-state index in [0.29, 0.717) is 63.7 Å². The molecular formula is C53H60F2N8O4. The van der Waals surface area contributed by atoms with Gasteiger partial charge in [-0.25, -0.2) is 18.7 Å². The topological polar surface area (TPSA) is 134 Å². The molecule has 5 aliphatic heterocycles. The molecule has 0 unspecified atom stereocenters. The van der Waals surface area contributed by atoms with Crippen molar-refractivity contribution in [3.8, 4) is 0 Å². The number of carbonyl (C=O) groups is 2. The molecule has 7 heterocycles. The highest BCUT2D eigenvalue weighted by atomic mass is 19.1. The van der Waals surface area contributed by atoms with Gasteiger partial charge in [0.05, 0.1) is 46.2 Å². The molecule has 2 amide bonds. The molecule has 6 aromatic rings. The van der Waals surface area contributed by atoms with Crippen molar-refractivity contribution in [3.63, 3.8) is 0 Å². The number of likely N-dealkylation sites (tertiary alicyclic amines) is 2. The first-order chi connectivity index (χ1) is 32.8. The third-order valence-electron chi connectivity index (χ3n) is 15.3. The molecule has 0 radical (unpaired) electrons. The van der Waals surface area contributed by atoms with E-state index in [2.05, 4.69) is 51.3 Å². The summed E-state index contributed by atoms with van der Waals surface area (Å²) in [7, 11) is 0. The highest BCUT2D eigenvalue weighted by Gasteiger charge is 2.40. The molecule has 5 aliphatic rings. The lowest BCUT2D eigenvalue weighted by Gasteiger charge is -2.36. The first-order valence-electron chi connectivity index (χ1n) is 24.7. The highest BCUT2D eigenvalue weighted by Crippen LogP contribution is 2.49. The van der Waals surface area contributed by atoms with Gasteiger partial charge in [-0.05, 0) is 136 Å². The van der Waals surface area contributed by atoms with Crippen LogP contribution in [0.2, 0.25) is 0 Å². The number of unbranched alkanes of at least 4 members (excludes halogenated alkanes) is 1. The Morgan fingerprint density at radius 1 is 0.657 bits per heavy atom. The maximum Gasteiger partial charge on any atom is 0.252 e. The molecule has 350 valence electrons. The van der Waals surface area contributed by atoms with E-state index in [0.717, 1.165) is 109 Å². The molecule has 0 spiro atoms. The van der Waals surface area contributed by atoms with Gasteiger partial charge in [-0.1, -0.05) is 42.5 Å². The maximum absolute atomic E-state index is 16.7. The van der Waals surface area contributed by atoms with Crippen LogP contribution in [0, 0.1) is 11.6 Å². The van der Waals surface area contributed by atoms with E-state index in [1.54, 1.807) is 0 Å². The van der Waals surface area contributed by atoms with E-state index >= 15 is 8.78 Å². The summed E-state index contributed by atoms with van der Waals surface area (Å²) in [4.78, 5) is 51.8. The number of nitrogens with one attached hydrogen (secondary N) is 2. The minimum absolute atomic E-state index is 0.0327. The van der Waals surface area contributed by atoms with E-state index in [9.17, 15) is 14.7 Å². The zero-order valence-corrected chi connectivity index (χ0v) is 38.0. The number of rotatable bonds is 12. The van der Waals surface area contributed by atoms with Gasteiger partial charge >= 0.3 is 0 Å². The normalized spacial score (nSPS) is 23.7. The van der Waals surface area contributed by atoms with Gasteiger partial charge in [-0.3, -0.25) is 9.59 Å². The van der Waals surface area contributed by atoms with E-state index in [1.165, 1.54) is 17.7 Å². The zero-order valence-electron chi connectivity index (χ0n) is 38.0. The van der Waals surface area contributed by atoms with E-state index in [1.807, 2.05) is 45.0 Å². The molecule has 5 saturated heterocycles. The molecule has 2 aromatic heterocycles. The Morgan fingerprint density at radius 3 is 1.87 bits per heavy atom. The average Bonchev–Trinajstić information content (AvgIpc) is 4.21. The lowest BCUT2D eigenvalue weighted by Crippen LogP contribution is -2.38. The summed E-state index contributed by atoms with van der Waals surface area (Å²) in [5.41, 5.74) is 7.08. The van der Waals surface area contributed by atoms with Crippen molar-refractivity contribution >= 4 is 45.3 Å². The number of anilines is 2. The van der Waals surface area contributed by atoms with Gasteiger partial charge in [0, 0.05) is 51.5 Å². The van der Waals surface area contributed by atoms with E-state index in [4.69, 9.17) is 14.7 Å². The number of fused-ring (bicyclic) bond motifs is 2. The molecule has 0 bridgehead atoms. The van der Waals surface area contributed by atoms with Crippen LogP contribution in [0.3, 0.4) is 0 Å².